The number of allylic oxidation sites excluding steroid dienone is 14. The third-order valence-corrected chi connectivity index (χ3v) is 13.4. The summed E-state index contributed by atoms with van der Waals surface area (Å²) in [6.45, 7) is 6.56. The number of rotatable bonds is 56. The van der Waals surface area contributed by atoms with Gasteiger partial charge < -0.3 is 14.2 Å². The molecule has 0 saturated carbocycles. The zero-order chi connectivity index (χ0) is 52.9. The van der Waals surface area contributed by atoms with Gasteiger partial charge in [-0.25, -0.2) is 0 Å². The molecule has 0 spiro atoms. The van der Waals surface area contributed by atoms with Crippen molar-refractivity contribution in [3.05, 3.63) is 85.1 Å². The number of esters is 3. The third kappa shape index (κ3) is 59.3. The molecule has 0 aliphatic carbocycles. The van der Waals surface area contributed by atoms with Crippen molar-refractivity contribution >= 4 is 17.9 Å². The van der Waals surface area contributed by atoms with Crippen molar-refractivity contribution < 1.29 is 28.6 Å². The molecule has 0 fully saturated rings. The van der Waals surface area contributed by atoms with Crippen LogP contribution < -0.4 is 0 Å². The Labute approximate surface area is 452 Å². The molecule has 6 nitrogen and oxygen atoms in total. The van der Waals surface area contributed by atoms with Crippen LogP contribution in [0.15, 0.2) is 85.1 Å². The molecule has 1 atom stereocenters. The van der Waals surface area contributed by atoms with Gasteiger partial charge in [0.1, 0.15) is 13.2 Å². The van der Waals surface area contributed by atoms with Crippen LogP contribution in [0.25, 0.3) is 0 Å². The second-order valence-corrected chi connectivity index (χ2v) is 20.6. The average molecular weight is 1020 g/mol. The molecule has 0 saturated heterocycles. The van der Waals surface area contributed by atoms with Crippen LogP contribution in [-0.2, 0) is 28.6 Å². The predicted molar refractivity (Wildman–Crippen MR) is 316 cm³/mol. The Balaban J connectivity index is 4.48. The van der Waals surface area contributed by atoms with Gasteiger partial charge in [-0.15, -0.1) is 0 Å². The van der Waals surface area contributed by atoms with Gasteiger partial charge in [0.15, 0.2) is 6.10 Å². The summed E-state index contributed by atoms with van der Waals surface area (Å²) in [5, 5.41) is 0. The molecule has 0 aliphatic rings. The Bertz CT molecular complexity index is 1400. The molecule has 0 unspecified atom stereocenters. The van der Waals surface area contributed by atoms with Crippen LogP contribution in [0.1, 0.15) is 303 Å². The smallest absolute Gasteiger partial charge is 0.306 e. The Morgan fingerprint density at radius 2 is 0.521 bits per heavy atom. The third-order valence-electron chi connectivity index (χ3n) is 13.4. The van der Waals surface area contributed by atoms with Gasteiger partial charge >= 0.3 is 17.9 Å². The molecule has 0 radical (unpaired) electrons. The first-order valence-electron chi connectivity index (χ1n) is 31.1. The average Bonchev–Trinajstić information content (AvgIpc) is 3.39. The number of hydrogen-bond acceptors (Lipinski definition) is 6. The van der Waals surface area contributed by atoms with E-state index in [1.54, 1.807) is 0 Å². The molecule has 0 aromatic rings. The first-order chi connectivity index (χ1) is 36.0. The van der Waals surface area contributed by atoms with E-state index in [-0.39, 0.29) is 37.5 Å². The molecule has 0 amide bonds. The zero-order valence-corrected chi connectivity index (χ0v) is 48.1. The molecule has 6 heteroatoms. The minimum Gasteiger partial charge on any atom is -0.462 e. The number of carbonyl (C=O) groups excluding carboxylic acids is 3. The molecule has 0 heterocycles. The van der Waals surface area contributed by atoms with Crippen LogP contribution in [0.3, 0.4) is 0 Å². The lowest BCUT2D eigenvalue weighted by Crippen LogP contribution is -2.30. The van der Waals surface area contributed by atoms with Gasteiger partial charge in [-0.05, 0) is 109 Å². The van der Waals surface area contributed by atoms with Crippen molar-refractivity contribution in [3.8, 4) is 0 Å². The maximum absolute atomic E-state index is 12.9. The standard InChI is InChI=1S/C67H116O6/c1-4-7-10-13-16-19-22-25-28-31-33-36-38-41-44-47-50-53-56-59-65(68)71-62-64(73-67(70)61-58-55-52-49-46-43-40-35-30-27-24-21-18-15-12-9-6-3)63-72-66(69)60-57-54-51-48-45-42-39-37-34-32-29-26-23-20-17-14-11-8-5-2/h16,19,25-30,33,36,41,44,50,53,64H,4-15,17-18,20-24,31-32,34-35,37-40,42-43,45-49,51-52,54-63H2,1-3H3/b19-16-,28-25-,29-26-,30-27-,36-33-,44-41-,53-50-/t64-/m1/s1. The van der Waals surface area contributed by atoms with Gasteiger partial charge in [0.05, 0.1) is 0 Å². The normalized spacial score (nSPS) is 12.6. The summed E-state index contributed by atoms with van der Waals surface area (Å²) in [6, 6.07) is 0. The van der Waals surface area contributed by atoms with Crippen molar-refractivity contribution in [1.82, 2.24) is 0 Å². The van der Waals surface area contributed by atoms with Crippen molar-refractivity contribution in [2.24, 2.45) is 0 Å². The van der Waals surface area contributed by atoms with E-state index in [1.807, 2.05) is 6.08 Å². The lowest BCUT2D eigenvalue weighted by Gasteiger charge is -2.18. The summed E-state index contributed by atoms with van der Waals surface area (Å²) < 4.78 is 16.8. The van der Waals surface area contributed by atoms with Crippen molar-refractivity contribution in [2.75, 3.05) is 13.2 Å². The molecule has 0 aliphatic heterocycles. The van der Waals surface area contributed by atoms with Crippen LogP contribution in [0.2, 0.25) is 0 Å². The van der Waals surface area contributed by atoms with Crippen LogP contribution >= 0.6 is 0 Å². The fourth-order valence-electron chi connectivity index (χ4n) is 8.65. The van der Waals surface area contributed by atoms with E-state index in [1.165, 1.54) is 193 Å². The predicted octanol–water partition coefficient (Wildman–Crippen LogP) is 21.1. The first-order valence-corrected chi connectivity index (χ1v) is 31.1. The number of carbonyl (C=O) groups is 3. The van der Waals surface area contributed by atoms with Gasteiger partial charge in [0.2, 0.25) is 0 Å². The molecule has 73 heavy (non-hydrogen) atoms. The monoisotopic (exact) mass is 1020 g/mol. The molecular weight excluding hydrogens is 901 g/mol. The number of unbranched alkanes of at least 4 members (excludes halogenated alkanes) is 31. The minimum absolute atomic E-state index is 0.101. The van der Waals surface area contributed by atoms with E-state index in [0.29, 0.717) is 19.3 Å². The van der Waals surface area contributed by atoms with Crippen LogP contribution in [0.4, 0.5) is 0 Å². The highest BCUT2D eigenvalue weighted by Crippen LogP contribution is 2.15. The Morgan fingerprint density at radius 1 is 0.274 bits per heavy atom. The topological polar surface area (TPSA) is 78.9 Å². The summed E-state index contributed by atoms with van der Waals surface area (Å²) in [5.41, 5.74) is 0. The summed E-state index contributed by atoms with van der Waals surface area (Å²) in [5.74, 6) is -0.984. The second kappa shape index (κ2) is 61.1. The summed E-state index contributed by atoms with van der Waals surface area (Å²) in [4.78, 5) is 38.2. The first kappa shape index (κ1) is 69.6. The second-order valence-electron chi connectivity index (χ2n) is 20.6. The molecule has 0 rings (SSSR count). The fraction of sp³-hybridized carbons (Fsp3) is 0.746. The number of hydrogen-bond donors (Lipinski definition) is 0. The summed E-state index contributed by atoms with van der Waals surface area (Å²) in [7, 11) is 0. The summed E-state index contributed by atoms with van der Waals surface area (Å²) >= 11 is 0. The van der Waals surface area contributed by atoms with E-state index in [2.05, 4.69) is 99.8 Å². The van der Waals surface area contributed by atoms with E-state index in [9.17, 15) is 14.4 Å². The largest absolute Gasteiger partial charge is 0.462 e. The maximum Gasteiger partial charge on any atom is 0.306 e. The van der Waals surface area contributed by atoms with E-state index in [4.69, 9.17) is 14.2 Å². The van der Waals surface area contributed by atoms with Crippen molar-refractivity contribution in [2.45, 2.75) is 309 Å². The van der Waals surface area contributed by atoms with Gasteiger partial charge in [0.25, 0.3) is 0 Å². The molecule has 0 aromatic heterocycles. The zero-order valence-electron chi connectivity index (χ0n) is 48.1. The van der Waals surface area contributed by atoms with E-state index >= 15 is 0 Å². The van der Waals surface area contributed by atoms with Gasteiger partial charge in [-0.2, -0.15) is 0 Å². The summed E-state index contributed by atoms with van der Waals surface area (Å²) in [6.07, 6.45) is 80.2. The van der Waals surface area contributed by atoms with Gasteiger partial charge in [-0.1, -0.05) is 260 Å². The Kier molecular flexibility index (Phi) is 58.3. The van der Waals surface area contributed by atoms with Crippen LogP contribution in [-0.4, -0.2) is 37.2 Å². The Hall–Kier alpha value is -3.41. The molecule has 0 N–H and O–H groups in total. The van der Waals surface area contributed by atoms with E-state index < -0.39 is 6.10 Å². The van der Waals surface area contributed by atoms with E-state index in [0.717, 1.165) is 64.2 Å². The highest BCUT2D eigenvalue weighted by molar-refractivity contribution is 5.71. The highest BCUT2D eigenvalue weighted by atomic mass is 16.6. The van der Waals surface area contributed by atoms with Crippen molar-refractivity contribution in [1.29, 1.82) is 0 Å². The van der Waals surface area contributed by atoms with Crippen LogP contribution in [0.5, 0.6) is 0 Å². The SMILES string of the molecule is CCCCC/C=C\C/C=C\C/C=C\C/C=C\C/C=C\CCC(=O)OC[C@H](COC(=O)CCCCCCCCCCC/C=C\CCCCCCCC)OC(=O)CCCCCCCCC/C=C\CCCCCCCC. The molecule has 0 aromatic carbocycles. The molecule has 0 bridgehead atoms. The lowest BCUT2D eigenvalue weighted by atomic mass is 10.1. The minimum atomic E-state index is -0.811. The lowest BCUT2D eigenvalue weighted by molar-refractivity contribution is -0.166. The maximum atomic E-state index is 12.9. The molecule has 420 valence electrons. The highest BCUT2D eigenvalue weighted by Gasteiger charge is 2.19. The quantitative estimate of drug-likeness (QED) is 0.0261. The molecular formula is C67H116O6. The van der Waals surface area contributed by atoms with Gasteiger partial charge in [-0.3, -0.25) is 14.4 Å². The number of ether oxygens (including phenoxy) is 3. The van der Waals surface area contributed by atoms with Crippen molar-refractivity contribution in [3.63, 3.8) is 0 Å². The van der Waals surface area contributed by atoms with Crippen LogP contribution in [0, 0.1) is 0 Å². The van der Waals surface area contributed by atoms with Gasteiger partial charge in [0, 0.05) is 19.3 Å². The fourth-order valence-corrected chi connectivity index (χ4v) is 8.65. The Morgan fingerprint density at radius 3 is 0.890 bits per heavy atom.